The number of morpholine rings is 1. The molecule has 6 nitrogen and oxygen atoms in total. The van der Waals surface area contributed by atoms with Crippen LogP contribution in [0, 0.1) is 0 Å². The fourth-order valence-corrected chi connectivity index (χ4v) is 3.15. The molecule has 134 valence electrons. The smallest absolute Gasteiger partial charge is 0.254 e. The molecule has 0 unspecified atom stereocenters. The molecule has 0 spiro atoms. The standard InChI is InChI=1S/C20H21N3O3/c24-20(23-10-12-25-13-11-23)15-4-3-5-16(14-15)21-9-8-18-17-6-1-2-7-19(17)26-22-18/h1-7,14,21H,8-13H2. The Labute approximate surface area is 151 Å². The number of benzene rings is 2. The Morgan fingerprint density at radius 3 is 2.85 bits per heavy atom. The van der Waals surface area contributed by atoms with Crippen molar-refractivity contribution in [3.63, 3.8) is 0 Å². The predicted octanol–water partition coefficient (Wildman–Crippen LogP) is 2.95. The molecule has 0 radical (unpaired) electrons. The highest BCUT2D eigenvalue weighted by molar-refractivity contribution is 5.95. The summed E-state index contributed by atoms with van der Waals surface area (Å²) in [5, 5.41) is 8.56. The van der Waals surface area contributed by atoms with Crippen molar-refractivity contribution in [2.75, 3.05) is 38.2 Å². The topological polar surface area (TPSA) is 67.6 Å². The Kier molecular flexibility index (Phi) is 4.84. The van der Waals surface area contributed by atoms with E-state index in [4.69, 9.17) is 9.26 Å². The quantitative estimate of drug-likeness (QED) is 0.765. The molecule has 3 aromatic rings. The van der Waals surface area contributed by atoms with E-state index in [0.29, 0.717) is 38.4 Å². The first kappa shape index (κ1) is 16.6. The van der Waals surface area contributed by atoms with Gasteiger partial charge in [-0.15, -0.1) is 0 Å². The minimum atomic E-state index is 0.0550. The number of nitrogens with zero attached hydrogens (tertiary/aromatic N) is 2. The number of hydrogen-bond donors (Lipinski definition) is 1. The van der Waals surface area contributed by atoms with Crippen LogP contribution in [0.3, 0.4) is 0 Å². The zero-order valence-corrected chi connectivity index (χ0v) is 14.5. The Morgan fingerprint density at radius 1 is 1.12 bits per heavy atom. The minimum Gasteiger partial charge on any atom is -0.385 e. The minimum absolute atomic E-state index is 0.0550. The second-order valence-corrected chi connectivity index (χ2v) is 6.29. The summed E-state index contributed by atoms with van der Waals surface area (Å²) in [6, 6.07) is 15.5. The Bertz CT molecular complexity index is 900. The zero-order valence-electron chi connectivity index (χ0n) is 14.5. The van der Waals surface area contributed by atoms with Gasteiger partial charge in [0.25, 0.3) is 5.91 Å². The first-order chi connectivity index (χ1) is 12.8. The van der Waals surface area contributed by atoms with Crippen molar-refractivity contribution < 1.29 is 14.1 Å². The summed E-state index contributed by atoms with van der Waals surface area (Å²) in [5.41, 5.74) is 3.37. The van der Waals surface area contributed by atoms with Crippen molar-refractivity contribution in [1.29, 1.82) is 0 Å². The third-order valence-corrected chi connectivity index (χ3v) is 4.55. The third-order valence-electron chi connectivity index (χ3n) is 4.55. The van der Waals surface area contributed by atoms with E-state index in [1.165, 1.54) is 0 Å². The highest BCUT2D eigenvalue weighted by Gasteiger charge is 2.18. The van der Waals surface area contributed by atoms with Gasteiger partial charge in [-0.2, -0.15) is 0 Å². The number of rotatable bonds is 5. The Balaban J connectivity index is 1.38. The molecule has 6 heteroatoms. The summed E-state index contributed by atoms with van der Waals surface area (Å²) in [6.07, 6.45) is 0.749. The summed E-state index contributed by atoms with van der Waals surface area (Å²) in [7, 11) is 0. The van der Waals surface area contributed by atoms with Gasteiger partial charge >= 0.3 is 0 Å². The van der Waals surface area contributed by atoms with Crippen LogP contribution < -0.4 is 5.32 Å². The maximum atomic E-state index is 12.6. The van der Waals surface area contributed by atoms with E-state index in [2.05, 4.69) is 10.5 Å². The molecule has 1 saturated heterocycles. The van der Waals surface area contributed by atoms with E-state index in [9.17, 15) is 4.79 Å². The molecule has 0 aliphatic carbocycles. The first-order valence-electron chi connectivity index (χ1n) is 8.85. The molecule has 1 fully saturated rings. The van der Waals surface area contributed by atoms with Gasteiger partial charge < -0.3 is 19.5 Å². The lowest BCUT2D eigenvalue weighted by Crippen LogP contribution is -2.40. The number of nitrogens with one attached hydrogen (secondary N) is 1. The summed E-state index contributed by atoms with van der Waals surface area (Å²) in [5.74, 6) is 0.0550. The maximum Gasteiger partial charge on any atom is 0.254 e. The Hall–Kier alpha value is -2.86. The SMILES string of the molecule is O=C(c1cccc(NCCc2noc3ccccc23)c1)N1CCOCC1. The van der Waals surface area contributed by atoms with Crippen LogP contribution in [0.1, 0.15) is 16.1 Å². The average Bonchev–Trinajstić information content (AvgIpc) is 3.12. The lowest BCUT2D eigenvalue weighted by molar-refractivity contribution is 0.0303. The number of ether oxygens (including phenoxy) is 1. The average molecular weight is 351 g/mol. The molecule has 1 aliphatic rings. The normalized spacial score (nSPS) is 14.5. The molecule has 1 aromatic heterocycles. The lowest BCUT2D eigenvalue weighted by atomic mass is 10.1. The van der Waals surface area contributed by atoms with Gasteiger partial charge in [-0.05, 0) is 30.3 Å². The molecular formula is C20H21N3O3. The van der Waals surface area contributed by atoms with Crippen LogP contribution in [-0.2, 0) is 11.2 Å². The van der Waals surface area contributed by atoms with Crippen LogP contribution in [-0.4, -0.2) is 48.8 Å². The van der Waals surface area contributed by atoms with E-state index in [1.54, 1.807) is 0 Å². The van der Waals surface area contributed by atoms with Gasteiger partial charge in [0.1, 0.15) is 0 Å². The van der Waals surface area contributed by atoms with E-state index < -0.39 is 0 Å². The van der Waals surface area contributed by atoms with Crippen molar-refractivity contribution in [1.82, 2.24) is 10.1 Å². The molecule has 1 amide bonds. The molecule has 2 heterocycles. The number of anilines is 1. The van der Waals surface area contributed by atoms with Crippen molar-refractivity contribution in [2.45, 2.75) is 6.42 Å². The summed E-state index contributed by atoms with van der Waals surface area (Å²) in [6.45, 7) is 3.22. The molecule has 26 heavy (non-hydrogen) atoms. The monoisotopic (exact) mass is 351 g/mol. The summed E-state index contributed by atoms with van der Waals surface area (Å²) in [4.78, 5) is 14.4. The van der Waals surface area contributed by atoms with E-state index in [-0.39, 0.29) is 5.91 Å². The third kappa shape index (κ3) is 3.55. The van der Waals surface area contributed by atoms with Gasteiger partial charge in [0.2, 0.25) is 0 Å². The van der Waals surface area contributed by atoms with Crippen LogP contribution in [0.5, 0.6) is 0 Å². The van der Waals surface area contributed by atoms with E-state index in [0.717, 1.165) is 28.8 Å². The van der Waals surface area contributed by atoms with Gasteiger partial charge in [-0.3, -0.25) is 4.79 Å². The van der Waals surface area contributed by atoms with Crippen LogP contribution in [0.25, 0.3) is 11.0 Å². The Morgan fingerprint density at radius 2 is 1.96 bits per heavy atom. The molecule has 1 N–H and O–H groups in total. The number of para-hydroxylation sites is 1. The van der Waals surface area contributed by atoms with Gasteiger partial charge in [0.05, 0.1) is 18.9 Å². The van der Waals surface area contributed by atoms with E-state index in [1.807, 2.05) is 53.4 Å². The summed E-state index contributed by atoms with van der Waals surface area (Å²) < 4.78 is 10.6. The van der Waals surface area contributed by atoms with Gasteiger partial charge in [0, 0.05) is 42.7 Å². The lowest BCUT2D eigenvalue weighted by Gasteiger charge is -2.27. The largest absolute Gasteiger partial charge is 0.385 e. The number of amides is 1. The van der Waals surface area contributed by atoms with Crippen LogP contribution in [0.4, 0.5) is 5.69 Å². The molecule has 1 aliphatic heterocycles. The highest BCUT2D eigenvalue weighted by Crippen LogP contribution is 2.19. The number of carbonyl (C=O) groups is 1. The van der Waals surface area contributed by atoms with Crippen molar-refractivity contribution in [3.05, 3.63) is 59.8 Å². The molecular weight excluding hydrogens is 330 g/mol. The van der Waals surface area contributed by atoms with Crippen LogP contribution >= 0.6 is 0 Å². The van der Waals surface area contributed by atoms with Crippen LogP contribution in [0.15, 0.2) is 53.1 Å². The zero-order chi connectivity index (χ0) is 17.8. The second-order valence-electron chi connectivity index (χ2n) is 6.29. The van der Waals surface area contributed by atoms with Crippen molar-refractivity contribution in [2.24, 2.45) is 0 Å². The van der Waals surface area contributed by atoms with Crippen molar-refractivity contribution >= 4 is 22.6 Å². The fourth-order valence-electron chi connectivity index (χ4n) is 3.15. The predicted molar refractivity (Wildman–Crippen MR) is 99.4 cm³/mol. The van der Waals surface area contributed by atoms with Gasteiger partial charge in [0.15, 0.2) is 5.58 Å². The number of carbonyl (C=O) groups excluding carboxylic acids is 1. The maximum absolute atomic E-state index is 12.6. The second kappa shape index (κ2) is 7.58. The molecule has 0 bridgehead atoms. The highest BCUT2D eigenvalue weighted by atomic mass is 16.5. The number of hydrogen-bond acceptors (Lipinski definition) is 5. The van der Waals surface area contributed by atoms with E-state index >= 15 is 0 Å². The van der Waals surface area contributed by atoms with Gasteiger partial charge in [-0.1, -0.05) is 23.4 Å². The van der Waals surface area contributed by atoms with Gasteiger partial charge in [-0.25, -0.2) is 0 Å². The first-order valence-corrected chi connectivity index (χ1v) is 8.85. The summed E-state index contributed by atoms with van der Waals surface area (Å²) >= 11 is 0. The fraction of sp³-hybridized carbons (Fsp3) is 0.300. The van der Waals surface area contributed by atoms with Crippen LogP contribution in [0.2, 0.25) is 0 Å². The van der Waals surface area contributed by atoms with Crippen molar-refractivity contribution in [3.8, 4) is 0 Å². The molecule has 0 atom stereocenters. The molecule has 4 rings (SSSR count). The molecule has 2 aromatic carbocycles. The molecule has 0 saturated carbocycles. The number of aromatic nitrogens is 1. The number of fused-ring (bicyclic) bond motifs is 1.